The Balaban J connectivity index is 1.65. The first-order valence-corrected chi connectivity index (χ1v) is 12.7. The molecule has 4 rings (SSSR count). The van der Waals surface area contributed by atoms with Gasteiger partial charge < -0.3 is 10.6 Å². The smallest absolute Gasteiger partial charge is 0.266 e. The van der Waals surface area contributed by atoms with Crippen molar-refractivity contribution in [2.24, 2.45) is 0 Å². The van der Waals surface area contributed by atoms with Crippen molar-refractivity contribution in [3.05, 3.63) is 86.3 Å². The van der Waals surface area contributed by atoms with Crippen molar-refractivity contribution in [3.63, 3.8) is 0 Å². The summed E-state index contributed by atoms with van der Waals surface area (Å²) in [4.78, 5) is 56.7. The molecular formula is C28H28N4O4S. The normalized spacial score (nSPS) is 11.8. The van der Waals surface area contributed by atoms with E-state index in [9.17, 15) is 19.2 Å². The predicted molar refractivity (Wildman–Crippen MR) is 147 cm³/mol. The molecule has 0 aliphatic carbocycles. The molecule has 0 saturated heterocycles. The quantitative estimate of drug-likeness (QED) is 0.318. The van der Waals surface area contributed by atoms with Gasteiger partial charge in [0.25, 0.3) is 11.5 Å². The molecule has 0 aliphatic rings. The number of anilines is 2. The van der Waals surface area contributed by atoms with Gasteiger partial charge in [0.15, 0.2) is 5.78 Å². The number of Topliss-reactive ketones (excluding diaryl/α,β-unsaturated/α-hetero) is 1. The zero-order valence-electron chi connectivity index (χ0n) is 21.3. The second-order valence-corrected chi connectivity index (χ2v) is 10.0. The first-order valence-electron chi connectivity index (χ1n) is 11.9. The van der Waals surface area contributed by atoms with Gasteiger partial charge in [-0.05, 0) is 63.4 Å². The van der Waals surface area contributed by atoms with Crippen LogP contribution in [-0.4, -0.2) is 27.1 Å². The minimum atomic E-state index is -0.822. The van der Waals surface area contributed by atoms with Crippen LogP contribution in [0.1, 0.15) is 63.0 Å². The standard InChI is InChI=1S/C28H28N4O4S/c1-6-22(25(34)30-20-9-7-8-19(13-20)18(5)33)32-14-29-27-23(28(32)36)17(4)24(37-27)26(35)31-21-11-10-15(2)12-16(21)3/h7-14,22H,6H2,1-5H3,(H,30,34)(H,31,35). The molecule has 2 heterocycles. The highest BCUT2D eigenvalue weighted by atomic mass is 32.1. The molecule has 1 atom stereocenters. The first kappa shape index (κ1) is 26.0. The molecule has 0 bridgehead atoms. The Morgan fingerprint density at radius 3 is 2.49 bits per heavy atom. The predicted octanol–water partition coefficient (Wildman–Crippen LogP) is 5.43. The number of ketones is 1. The fourth-order valence-electron chi connectivity index (χ4n) is 4.26. The molecule has 0 fully saturated rings. The molecule has 9 heteroatoms. The van der Waals surface area contributed by atoms with Gasteiger partial charge in [-0.15, -0.1) is 11.3 Å². The lowest BCUT2D eigenvalue weighted by molar-refractivity contribution is -0.119. The van der Waals surface area contributed by atoms with Crippen molar-refractivity contribution >= 4 is 50.5 Å². The van der Waals surface area contributed by atoms with Gasteiger partial charge in [0.2, 0.25) is 5.91 Å². The Labute approximate surface area is 218 Å². The third kappa shape index (κ3) is 5.22. The molecule has 0 radical (unpaired) electrons. The number of fused-ring (bicyclic) bond motifs is 1. The van der Waals surface area contributed by atoms with Crippen molar-refractivity contribution in [2.45, 2.75) is 47.1 Å². The average molecular weight is 517 g/mol. The van der Waals surface area contributed by atoms with Gasteiger partial charge >= 0.3 is 0 Å². The van der Waals surface area contributed by atoms with Crippen molar-refractivity contribution in [1.29, 1.82) is 0 Å². The Morgan fingerprint density at radius 1 is 1.05 bits per heavy atom. The van der Waals surface area contributed by atoms with E-state index < -0.39 is 11.9 Å². The van der Waals surface area contributed by atoms with E-state index in [1.165, 1.54) is 17.8 Å². The number of thiophene rings is 1. The van der Waals surface area contributed by atoms with Crippen molar-refractivity contribution in [3.8, 4) is 0 Å². The summed E-state index contributed by atoms with van der Waals surface area (Å²) in [5, 5.41) is 6.05. The minimum absolute atomic E-state index is 0.112. The van der Waals surface area contributed by atoms with E-state index in [0.29, 0.717) is 44.0 Å². The molecule has 0 spiro atoms. The molecule has 37 heavy (non-hydrogen) atoms. The van der Waals surface area contributed by atoms with Gasteiger partial charge in [0.1, 0.15) is 10.9 Å². The van der Waals surface area contributed by atoms with Crippen LogP contribution in [0.4, 0.5) is 11.4 Å². The monoisotopic (exact) mass is 516 g/mol. The highest BCUT2D eigenvalue weighted by Gasteiger charge is 2.25. The topological polar surface area (TPSA) is 110 Å². The lowest BCUT2D eigenvalue weighted by atomic mass is 10.1. The van der Waals surface area contributed by atoms with Gasteiger partial charge in [-0.1, -0.05) is 36.8 Å². The van der Waals surface area contributed by atoms with E-state index in [0.717, 1.165) is 22.5 Å². The van der Waals surface area contributed by atoms with E-state index in [1.54, 1.807) is 38.1 Å². The Bertz CT molecular complexity index is 1600. The molecular weight excluding hydrogens is 488 g/mol. The third-order valence-corrected chi connectivity index (χ3v) is 7.47. The maximum atomic E-state index is 13.5. The second kappa shape index (κ2) is 10.5. The Morgan fingerprint density at radius 2 is 1.81 bits per heavy atom. The lowest BCUT2D eigenvalue weighted by Crippen LogP contribution is -2.33. The molecule has 1 unspecified atom stereocenters. The van der Waals surface area contributed by atoms with Gasteiger partial charge in [-0.25, -0.2) is 4.98 Å². The summed E-state index contributed by atoms with van der Waals surface area (Å²) in [5.41, 5.74) is 3.83. The number of nitrogens with zero attached hydrogens (tertiary/aromatic N) is 2. The summed E-state index contributed by atoms with van der Waals surface area (Å²) in [6, 6.07) is 11.6. The molecule has 8 nitrogen and oxygen atoms in total. The number of hydrogen-bond acceptors (Lipinski definition) is 6. The van der Waals surface area contributed by atoms with Gasteiger partial charge in [0.05, 0.1) is 16.6 Å². The van der Waals surface area contributed by atoms with Crippen molar-refractivity contribution < 1.29 is 14.4 Å². The molecule has 2 amide bonds. The molecule has 2 aromatic carbocycles. The molecule has 2 aromatic heterocycles. The van der Waals surface area contributed by atoms with Crippen LogP contribution in [0.2, 0.25) is 0 Å². The van der Waals surface area contributed by atoms with Crippen LogP contribution >= 0.6 is 11.3 Å². The number of rotatable bonds is 7. The molecule has 4 aromatic rings. The van der Waals surface area contributed by atoms with Gasteiger partial charge in [0, 0.05) is 16.9 Å². The maximum Gasteiger partial charge on any atom is 0.266 e. The van der Waals surface area contributed by atoms with E-state index in [1.807, 2.05) is 32.0 Å². The summed E-state index contributed by atoms with van der Waals surface area (Å²) in [7, 11) is 0. The molecule has 0 saturated carbocycles. The lowest BCUT2D eigenvalue weighted by Gasteiger charge is -2.18. The van der Waals surface area contributed by atoms with E-state index >= 15 is 0 Å². The number of carbonyl (C=O) groups excluding carboxylic acids is 3. The summed E-state index contributed by atoms with van der Waals surface area (Å²) >= 11 is 1.15. The van der Waals surface area contributed by atoms with Crippen LogP contribution in [-0.2, 0) is 4.79 Å². The van der Waals surface area contributed by atoms with E-state index in [-0.39, 0.29) is 17.2 Å². The SMILES string of the molecule is CCC(C(=O)Nc1cccc(C(C)=O)c1)n1cnc2sc(C(=O)Nc3ccc(C)cc3C)c(C)c2c1=O. The molecule has 0 aliphatic heterocycles. The highest BCUT2D eigenvalue weighted by molar-refractivity contribution is 7.20. The summed E-state index contributed by atoms with van der Waals surface area (Å²) < 4.78 is 1.30. The zero-order valence-corrected chi connectivity index (χ0v) is 22.2. The van der Waals surface area contributed by atoms with Crippen LogP contribution in [0.3, 0.4) is 0 Å². The van der Waals surface area contributed by atoms with Gasteiger partial charge in [-0.2, -0.15) is 0 Å². The highest BCUT2D eigenvalue weighted by Crippen LogP contribution is 2.29. The molecule has 190 valence electrons. The summed E-state index contributed by atoms with van der Waals surface area (Å²) in [5.74, 6) is -0.819. The Hall–Kier alpha value is -4.11. The summed E-state index contributed by atoms with van der Waals surface area (Å²) in [6.45, 7) is 8.88. The number of aryl methyl sites for hydroxylation is 3. The number of aromatic nitrogens is 2. The van der Waals surface area contributed by atoms with Crippen LogP contribution in [0.25, 0.3) is 10.2 Å². The van der Waals surface area contributed by atoms with Crippen molar-refractivity contribution in [1.82, 2.24) is 9.55 Å². The van der Waals surface area contributed by atoms with Crippen molar-refractivity contribution in [2.75, 3.05) is 10.6 Å². The fourth-order valence-corrected chi connectivity index (χ4v) is 5.29. The largest absolute Gasteiger partial charge is 0.324 e. The number of nitrogens with one attached hydrogen (secondary N) is 2. The number of amides is 2. The number of carbonyl (C=O) groups is 3. The third-order valence-electron chi connectivity index (χ3n) is 6.27. The number of hydrogen-bond donors (Lipinski definition) is 2. The van der Waals surface area contributed by atoms with E-state index in [2.05, 4.69) is 15.6 Å². The van der Waals surface area contributed by atoms with Crippen LogP contribution in [0.15, 0.2) is 53.6 Å². The van der Waals surface area contributed by atoms with Crippen LogP contribution in [0, 0.1) is 20.8 Å². The second-order valence-electron chi connectivity index (χ2n) is 9.02. The first-order chi connectivity index (χ1) is 17.6. The average Bonchev–Trinajstić information content (AvgIpc) is 3.20. The minimum Gasteiger partial charge on any atom is -0.324 e. The fraction of sp³-hybridized carbons (Fsp3) is 0.250. The van der Waals surface area contributed by atoms with E-state index in [4.69, 9.17) is 0 Å². The Kier molecular flexibility index (Phi) is 7.35. The van der Waals surface area contributed by atoms with Crippen LogP contribution < -0.4 is 16.2 Å². The number of benzene rings is 2. The van der Waals surface area contributed by atoms with Gasteiger partial charge in [-0.3, -0.25) is 23.7 Å². The molecule has 2 N–H and O–H groups in total. The zero-order chi connectivity index (χ0) is 26.9. The van der Waals surface area contributed by atoms with Crippen LogP contribution in [0.5, 0.6) is 0 Å². The maximum absolute atomic E-state index is 13.5. The summed E-state index contributed by atoms with van der Waals surface area (Å²) in [6.07, 6.45) is 1.70.